The molecule has 1 aromatic heterocycles. The SMILES string of the molecule is CCC(C)CN(C)c1ncccc1C(C)O. The second kappa shape index (κ2) is 5.85. The average Bonchev–Trinajstić information content (AvgIpc) is 2.28. The van der Waals surface area contributed by atoms with Gasteiger partial charge in [-0.05, 0) is 18.9 Å². The maximum absolute atomic E-state index is 9.68. The van der Waals surface area contributed by atoms with Gasteiger partial charge < -0.3 is 10.0 Å². The number of rotatable bonds is 5. The molecule has 1 N–H and O–H groups in total. The number of hydrogen-bond acceptors (Lipinski definition) is 3. The summed E-state index contributed by atoms with van der Waals surface area (Å²) in [6.45, 7) is 7.15. The van der Waals surface area contributed by atoms with Crippen molar-refractivity contribution in [2.24, 2.45) is 5.92 Å². The molecule has 90 valence electrons. The summed E-state index contributed by atoms with van der Waals surface area (Å²) in [4.78, 5) is 6.47. The van der Waals surface area contributed by atoms with Gasteiger partial charge in [0, 0.05) is 25.4 Å². The van der Waals surface area contributed by atoms with Crippen LogP contribution in [0.3, 0.4) is 0 Å². The third-order valence-electron chi connectivity index (χ3n) is 2.91. The summed E-state index contributed by atoms with van der Waals surface area (Å²) in [6.07, 6.45) is 2.46. The fourth-order valence-electron chi connectivity index (χ4n) is 1.74. The van der Waals surface area contributed by atoms with Crippen molar-refractivity contribution in [1.82, 2.24) is 4.98 Å². The van der Waals surface area contributed by atoms with Crippen LogP contribution in [0.1, 0.15) is 38.9 Å². The summed E-state index contributed by atoms with van der Waals surface area (Å²) in [6, 6.07) is 3.79. The number of nitrogens with zero attached hydrogens (tertiary/aromatic N) is 2. The first-order valence-electron chi connectivity index (χ1n) is 5.90. The second-order valence-electron chi connectivity index (χ2n) is 4.49. The maximum atomic E-state index is 9.68. The van der Waals surface area contributed by atoms with Crippen molar-refractivity contribution >= 4 is 5.82 Å². The van der Waals surface area contributed by atoms with E-state index in [4.69, 9.17) is 0 Å². The van der Waals surface area contributed by atoms with Gasteiger partial charge >= 0.3 is 0 Å². The van der Waals surface area contributed by atoms with Gasteiger partial charge in [0.05, 0.1) is 6.10 Å². The predicted octanol–water partition coefficient (Wildman–Crippen LogP) is 2.62. The van der Waals surface area contributed by atoms with Gasteiger partial charge in [0.2, 0.25) is 0 Å². The molecule has 0 saturated carbocycles. The molecular weight excluding hydrogens is 200 g/mol. The third kappa shape index (κ3) is 3.20. The quantitative estimate of drug-likeness (QED) is 0.832. The number of anilines is 1. The van der Waals surface area contributed by atoms with Crippen LogP contribution in [-0.4, -0.2) is 23.7 Å². The van der Waals surface area contributed by atoms with Crippen molar-refractivity contribution in [2.45, 2.75) is 33.3 Å². The van der Waals surface area contributed by atoms with Crippen molar-refractivity contribution in [1.29, 1.82) is 0 Å². The van der Waals surface area contributed by atoms with Gasteiger partial charge in [0.15, 0.2) is 0 Å². The van der Waals surface area contributed by atoms with Gasteiger partial charge in [0.25, 0.3) is 0 Å². The van der Waals surface area contributed by atoms with Crippen LogP contribution in [0.25, 0.3) is 0 Å². The van der Waals surface area contributed by atoms with E-state index in [-0.39, 0.29) is 0 Å². The van der Waals surface area contributed by atoms with Crippen LogP contribution in [0.4, 0.5) is 5.82 Å². The first-order valence-corrected chi connectivity index (χ1v) is 5.90. The van der Waals surface area contributed by atoms with Crippen LogP contribution < -0.4 is 4.90 Å². The molecule has 0 aliphatic carbocycles. The zero-order valence-electron chi connectivity index (χ0n) is 10.6. The van der Waals surface area contributed by atoms with Crippen LogP contribution in [0.2, 0.25) is 0 Å². The highest BCUT2D eigenvalue weighted by molar-refractivity contribution is 5.47. The van der Waals surface area contributed by atoms with Crippen LogP contribution in [0.5, 0.6) is 0 Å². The number of hydrogen-bond donors (Lipinski definition) is 1. The molecular formula is C13H22N2O. The minimum Gasteiger partial charge on any atom is -0.389 e. The van der Waals surface area contributed by atoms with Gasteiger partial charge in [0.1, 0.15) is 5.82 Å². The monoisotopic (exact) mass is 222 g/mol. The van der Waals surface area contributed by atoms with Crippen molar-refractivity contribution in [3.8, 4) is 0 Å². The third-order valence-corrected chi connectivity index (χ3v) is 2.91. The van der Waals surface area contributed by atoms with Crippen LogP contribution in [0, 0.1) is 5.92 Å². The first kappa shape index (κ1) is 13.0. The zero-order chi connectivity index (χ0) is 12.1. The Bertz CT molecular complexity index is 325. The Morgan fingerprint density at radius 3 is 2.69 bits per heavy atom. The molecule has 2 unspecified atom stereocenters. The molecule has 1 aromatic rings. The Labute approximate surface area is 98.1 Å². The highest BCUT2D eigenvalue weighted by atomic mass is 16.3. The predicted molar refractivity (Wildman–Crippen MR) is 67.6 cm³/mol. The molecule has 2 atom stereocenters. The fraction of sp³-hybridized carbons (Fsp3) is 0.615. The van der Waals surface area contributed by atoms with E-state index in [0.29, 0.717) is 5.92 Å². The lowest BCUT2D eigenvalue weighted by Gasteiger charge is -2.24. The summed E-state index contributed by atoms with van der Waals surface area (Å²) in [5.41, 5.74) is 0.897. The first-order chi connectivity index (χ1) is 7.56. The van der Waals surface area contributed by atoms with E-state index in [1.54, 1.807) is 13.1 Å². The smallest absolute Gasteiger partial charge is 0.134 e. The Kier molecular flexibility index (Phi) is 4.74. The number of aromatic nitrogens is 1. The lowest BCUT2D eigenvalue weighted by Crippen LogP contribution is -2.25. The number of aliphatic hydroxyl groups is 1. The summed E-state index contributed by atoms with van der Waals surface area (Å²) < 4.78 is 0. The van der Waals surface area contributed by atoms with Gasteiger partial charge in [-0.15, -0.1) is 0 Å². The van der Waals surface area contributed by atoms with Gasteiger partial charge in [-0.2, -0.15) is 0 Å². The lowest BCUT2D eigenvalue weighted by molar-refractivity contribution is 0.199. The highest BCUT2D eigenvalue weighted by Crippen LogP contribution is 2.23. The lowest BCUT2D eigenvalue weighted by atomic mass is 10.1. The van der Waals surface area contributed by atoms with Gasteiger partial charge in [-0.25, -0.2) is 4.98 Å². The largest absolute Gasteiger partial charge is 0.389 e. The van der Waals surface area contributed by atoms with Crippen LogP contribution in [-0.2, 0) is 0 Å². The number of aliphatic hydroxyl groups excluding tert-OH is 1. The molecule has 0 saturated heterocycles. The molecule has 0 bridgehead atoms. The summed E-state index contributed by atoms with van der Waals surface area (Å²) >= 11 is 0. The van der Waals surface area contributed by atoms with E-state index >= 15 is 0 Å². The molecule has 0 spiro atoms. The molecule has 3 heteroatoms. The van der Waals surface area contributed by atoms with Gasteiger partial charge in [-0.3, -0.25) is 0 Å². The number of pyridine rings is 1. The maximum Gasteiger partial charge on any atom is 0.134 e. The molecule has 0 aliphatic heterocycles. The molecule has 1 rings (SSSR count). The summed E-state index contributed by atoms with van der Waals surface area (Å²) in [7, 11) is 2.03. The normalized spacial score (nSPS) is 14.6. The summed E-state index contributed by atoms with van der Waals surface area (Å²) in [5.74, 6) is 1.52. The second-order valence-corrected chi connectivity index (χ2v) is 4.49. The van der Waals surface area contributed by atoms with E-state index in [2.05, 4.69) is 23.7 Å². The molecule has 16 heavy (non-hydrogen) atoms. The molecule has 0 radical (unpaired) electrons. The molecule has 3 nitrogen and oxygen atoms in total. The molecule has 0 aromatic carbocycles. The van der Waals surface area contributed by atoms with E-state index < -0.39 is 6.10 Å². The molecule has 0 aliphatic rings. The molecule has 1 heterocycles. The van der Waals surface area contributed by atoms with Crippen molar-refractivity contribution in [3.05, 3.63) is 23.9 Å². The molecule has 0 amide bonds. The van der Waals surface area contributed by atoms with Crippen molar-refractivity contribution < 1.29 is 5.11 Å². The van der Waals surface area contributed by atoms with E-state index in [0.717, 1.165) is 24.3 Å². The van der Waals surface area contributed by atoms with E-state index in [1.807, 2.05) is 19.2 Å². The van der Waals surface area contributed by atoms with E-state index in [9.17, 15) is 5.11 Å². The topological polar surface area (TPSA) is 36.4 Å². The minimum absolute atomic E-state index is 0.469. The van der Waals surface area contributed by atoms with Crippen LogP contribution >= 0.6 is 0 Å². The Balaban J connectivity index is 2.85. The van der Waals surface area contributed by atoms with Crippen LogP contribution in [0.15, 0.2) is 18.3 Å². The van der Waals surface area contributed by atoms with Crippen molar-refractivity contribution in [3.63, 3.8) is 0 Å². The van der Waals surface area contributed by atoms with E-state index in [1.165, 1.54) is 0 Å². The summed E-state index contributed by atoms with van der Waals surface area (Å²) in [5, 5.41) is 9.68. The average molecular weight is 222 g/mol. The minimum atomic E-state index is -0.469. The van der Waals surface area contributed by atoms with Crippen molar-refractivity contribution in [2.75, 3.05) is 18.5 Å². The molecule has 0 fully saturated rings. The highest BCUT2D eigenvalue weighted by Gasteiger charge is 2.13. The Morgan fingerprint density at radius 2 is 2.12 bits per heavy atom. The standard InChI is InChI=1S/C13H22N2O/c1-5-10(2)9-15(4)13-12(11(3)16)7-6-8-14-13/h6-8,10-11,16H,5,9H2,1-4H3. The Hall–Kier alpha value is -1.09. The fourth-order valence-corrected chi connectivity index (χ4v) is 1.74. The van der Waals surface area contributed by atoms with Gasteiger partial charge in [-0.1, -0.05) is 26.3 Å². The zero-order valence-corrected chi connectivity index (χ0v) is 10.6. The Morgan fingerprint density at radius 1 is 1.44 bits per heavy atom.